The van der Waals surface area contributed by atoms with Gasteiger partial charge < -0.3 is 0 Å². The van der Waals surface area contributed by atoms with Crippen LogP contribution in [0.25, 0.3) is 0 Å². The molecule has 0 radical (unpaired) electrons. The molecule has 0 amide bonds. The molecule has 0 atom stereocenters. The fourth-order valence-electron chi connectivity index (χ4n) is 0.345. The number of azo groups is 1. The number of nitrogens with zero attached hydrogens (tertiary/aromatic N) is 3. The van der Waals surface area contributed by atoms with Crippen molar-refractivity contribution in [2.45, 2.75) is 0 Å². The van der Waals surface area contributed by atoms with Gasteiger partial charge in [-0.15, -0.1) is 10.2 Å². The standard InChI is InChI=1S/C4HN3OS/c8-1-3-5-4(2-9)7-6-3/h2H. The van der Waals surface area contributed by atoms with Crippen LogP contribution in [0.5, 0.6) is 0 Å². The van der Waals surface area contributed by atoms with Crippen molar-refractivity contribution in [2.24, 2.45) is 15.2 Å². The Morgan fingerprint density at radius 1 is 1.56 bits per heavy atom. The Balaban J connectivity index is 2.99. The summed E-state index contributed by atoms with van der Waals surface area (Å²) in [6, 6.07) is 0. The second-order valence-corrected chi connectivity index (χ2v) is 1.45. The third-order valence-electron chi connectivity index (χ3n) is 0.664. The van der Waals surface area contributed by atoms with Gasteiger partial charge in [0.25, 0.3) is 5.82 Å². The van der Waals surface area contributed by atoms with Gasteiger partial charge >= 0.3 is 0 Å². The van der Waals surface area contributed by atoms with Gasteiger partial charge in [-0.25, -0.2) is 4.79 Å². The van der Waals surface area contributed by atoms with Crippen LogP contribution in [-0.2, 0) is 4.79 Å². The maximum absolute atomic E-state index is 9.80. The predicted molar refractivity (Wildman–Crippen MR) is 35.2 cm³/mol. The molecular weight excluding hydrogens is 138 g/mol. The molecule has 4 nitrogen and oxygen atoms in total. The summed E-state index contributed by atoms with van der Waals surface area (Å²) in [6.45, 7) is 0. The molecule has 0 fully saturated rings. The maximum atomic E-state index is 9.80. The van der Waals surface area contributed by atoms with Gasteiger partial charge in [-0.05, 0) is 0 Å². The molecule has 0 bridgehead atoms. The molecule has 5 heteroatoms. The second kappa shape index (κ2) is 2.39. The smallest absolute Gasteiger partial charge is 0.229 e. The van der Waals surface area contributed by atoms with Crippen LogP contribution in [0.3, 0.4) is 0 Å². The minimum atomic E-state index is -0.0499. The van der Waals surface area contributed by atoms with Crippen LogP contribution in [-0.4, -0.2) is 17.1 Å². The Morgan fingerprint density at radius 3 is 2.67 bits per heavy atom. The van der Waals surface area contributed by atoms with Gasteiger partial charge in [-0.3, -0.25) is 0 Å². The van der Waals surface area contributed by atoms with Gasteiger partial charge in [0.2, 0.25) is 0 Å². The highest BCUT2D eigenvalue weighted by Gasteiger charge is 2.03. The van der Waals surface area contributed by atoms with E-state index in [1.807, 2.05) is 0 Å². The zero-order chi connectivity index (χ0) is 6.69. The van der Waals surface area contributed by atoms with Gasteiger partial charge in [0, 0.05) is 5.37 Å². The minimum Gasteiger partial charge on any atom is -0.229 e. The lowest BCUT2D eigenvalue weighted by Gasteiger charge is -1.70. The minimum absolute atomic E-state index is 0.0499. The van der Waals surface area contributed by atoms with Crippen molar-refractivity contribution in [3.63, 3.8) is 0 Å². The molecular formula is C4HN3OS. The summed E-state index contributed by atoms with van der Waals surface area (Å²) in [4.78, 5) is 13.3. The van der Waals surface area contributed by atoms with E-state index in [-0.39, 0.29) is 11.7 Å². The quantitative estimate of drug-likeness (QED) is 0.393. The molecule has 0 N–H and O–H groups in total. The predicted octanol–water partition coefficient (Wildman–Crippen LogP) is 0.523. The molecule has 1 rings (SSSR count). The summed E-state index contributed by atoms with van der Waals surface area (Å²) in [5.41, 5.74) is 0. The van der Waals surface area contributed by atoms with E-state index in [4.69, 9.17) is 0 Å². The SMILES string of the molecule is O=C=C1N=NC(C=S)=N1. The third kappa shape index (κ3) is 1.13. The van der Waals surface area contributed by atoms with E-state index in [0.29, 0.717) is 0 Å². The van der Waals surface area contributed by atoms with E-state index in [2.05, 4.69) is 27.4 Å². The Kier molecular flexibility index (Phi) is 1.58. The van der Waals surface area contributed by atoms with Crippen LogP contribution in [0.1, 0.15) is 0 Å². The monoisotopic (exact) mass is 139 g/mol. The van der Waals surface area contributed by atoms with Gasteiger partial charge in [0.05, 0.1) is 0 Å². The van der Waals surface area contributed by atoms with Gasteiger partial charge in [-0.2, -0.15) is 4.99 Å². The average molecular weight is 139 g/mol. The molecule has 0 saturated carbocycles. The van der Waals surface area contributed by atoms with E-state index in [1.165, 1.54) is 11.3 Å². The summed E-state index contributed by atoms with van der Waals surface area (Å²) in [5, 5.41) is 7.99. The van der Waals surface area contributed by atoms with Crippen LogP contribution in [0.4, 0.5) is 0 Å². The van der Waals surface area contributed by atoms with E-state index in [9.17, 15) is 4.79 Å². The van der Waals surface area contributed by atoms with E-state index < -0.39 is 0 Å². The molecule has 9 heavy (non-hydrogen) atoms. The number of rotatable bonds is 1. The zero-order valence-corrected chi connectivity index (χ0v) is 5.05. The Morgan fingerprint density at radius 2 is 2.33 bits per heavy atom. The number of hydrogen-bond donors (Lipinski definition) is 0. The molecule has 1 heterocycles. The molecule has 1 aliphatic rings. The van der Waals surface area contributed by atoms with Crippen molar-refractivity contribution in [3.05, 3.63) is 5.82 Å². The number of amidine groups is 1. The van der Waals surface area contributed by atoms with Crippen LogP contribution >= 0.6 is 12.2 Å². The largest absolute Gasteiger partial charge is 0.261 e. The van der Waals surface area contributed by atoms with Crippen molar-refractivity contribution in [1.29, 1.82) is 0 Å². The van der Waals surface area contributed by atoms with Crippen LogP contribution < -0.4 is 0 Å². The lowest BCUT2D eigenvalue weighted by atomic mass is 10.7. The van der Waals surface area contributed by atoms with E-state index in [0.717, 1.165) is 0 Å². The van der Waals surface area contributed by atoms with Crippen molar-refractivity contribution < 1.29 is 4.79 Å². The summed E-state index contributed by atoms with van der Waals surface area (Å²) in [7, 11) is 0. The normalized spacial score (nSPS) is 15.1. The Bertz CT molecular complexity index is 249. The number of hydrogen-bond acceptors (Lipinski definition) is 5. The van der Waals surface area contributed by atoms with E-state index in [1.54, 1.807) is 0 Å². The fourth-order valence-corrected chi connectivity index (χ4v) is 0.445. The lowest BCUT2D eigenvalue weighted by Crippen LogP contribution is -1.85. The molecule has 0 aliphatic carbocycles. The number of aliphatic imine (C=N–C) groups is 1. The maximum Gasteiger partial charge on any atom is 0.261 e. The van der Waals surface area contributed by atoms with Crippen LogP contribution in [0.15, 0.2) is 21.0 Å². The summed E-state index contributed by atoms with van der Waals surface area (Å²) < 4.78 is 0. The molecule has 0 spiro atoms. The highest BCUT2D eigenvalue weighted by molar-refractivity contribution is 7.80. The molecule has 44 valence electrons. The molecule has 1 aliphatic heterocycles. The fraction of sp³-hybridized carbons (Fsp3) is 0. The summed E-state index contributed by atoms with van der Waals surface area (Å²) >= 11 is 4.46. The van der Waals surface area contributed by atoms with E-state index >= 15 is 0 Å². The lowest BCUT2D eigenvalue weighted by molar-refractivity contribution is 0.566. The molecule has 0 aromatic heterocycles. The number of thiocarbonyl (C=S) groups is 1. The molecule has 0 unspecified atom stereocenters. The first-order valence-corrected chi connectivity index (χ1v) is 2.54. The van der Waals surface area contributed by atoms with Crippen LogP contribution in [0, 0.1) is 0 Å². The average Bonchev–Trinajstić information content (AvgIpc) is 2.34. The molecule has 0 aromatic rings. The molecule has 0 saturated heterocycles. The summed E-state index contributed by atoms with van der Waals surface area (Å²) in [5.74, 6) is 1.71. The van der Waals surface area contributed by atoms with Gasteiger partial charge in [-0.1, -0.05) is 12.2 Å². The first-order valence-electron chi connectivity index (χ1n) is 2.07. The Labute approximate surface area is 56.0 Å². The first-order chi connectivity index (χ1) is 4.36. The molecule has 0 aromatic carbocycles. The van der Waals surface area contributed by atoms with Crippen molar-refractivity contribution >= 4 is 29.4 Å². The highest BCUT2D eigenvalue weighted by Crippen LogP contribution is 2.03. The Hall–Kier alpha value is -1.19. The third-order valence-corrected chi connectivity index (χ3v) is 0.875. The number of carbonyl (C=O) groups excluding carboxylic acids is 1. The van der Waals surface area contributed by atoms with Gasteiger partial charge in [0.1, 0.15) is 0 Å². The van der Waals surface area contributed by atoms with Crippen molar-refractivity contribution in [1.82, 2.24) is 0 Å². The first kappa shape index (κ1) is 5.94. The second-order valence-electron chi connectivity index (χ2n) is 1.21. The van der Waals surface area contributed by atoms with Crippen molar-refractivity contribution in [2.75, 3.05) is 0 Å². The highest BCUT2D eigenvalue weighted by atomic mass is 32.1. The van der Waals surface area contributed by atoms with Crippen molar-refractivity contribution in [3.8, 4) is 0 Å². The van der Waals surface area contributed by atoms with Gasteiger partial charge in [0.15, 0.2) is 11.8 Å². The van der Waals surface area contributed by atoms with Crippen LogP contribution in [0.2, 0.25) is 0 Å². The zero-order valence-electron chi connectivity index (χ0n) is 4.24. The topological polar surface area (TPSA) is 54.1 Å². The summed E-state index contributed by atoms with van der Waals surface area (Å²) in [6.07, 6.45) is 0.